The number of hydrogen-bond acceptors (Lipinski definition) is 10. The highest BCUT2D eigenvalue weighted by Gasteiger charge is 2.12. The quantitative estimate of drug-likeness (QED) is 0.460. The molecule has 0 fully saturated rings. The summed E-state index contributed by atoms with van der Waals surface area (Å²) in [4.78, 5) is 64.6. The Morgan fingerprint density at radius 1 is 0.471 bits per heavy atom. The topological polar surface area (TPSA) is 180 Å². The van der Waals surface area contributed by atoms with E-state index < -0.39 is 35.8 Å². The van der Waals surface area contributed by atoms with Gasteiger partial charge in [-0.3, -0.25) is 19.2 Å². The molecule has 0 aromatic heterocycles. The molecule has 0 spiro atoms. The molecule has 2 rings (SSSR count). The maximum Gasteiger partial charge on any atom is 0.335 e. The number of rotatable bonds is 6. The number of ether oxygens (including phenoxy) is 4. The van der Waals surface area contributed by atoms with Crippen LogP contribution in [0.3, 0.4) is 0 Å². The summed E-state index contributed by atoms with van der Waals surface area (Å²) in [5.74, 6) is -4.78. The maximum absolute atomic E-state index is 10.8. The third-order valence-corrected chi connectivity index (χ3v) is 3.30. The Balaban J connectivity index is 0.000000340. The van der Waals surface area contributed by atoms with Crippen molar-refractivity contribution in [2.75, 3.05) is 0 Å². The van der Waals surface area contributed by atoms with Crippen molar-refractivity contribution in [3.05, 3.63) is 47.5 Å². The van der Waals surface area contributed by atoms with E-state index in [2.05, 4.69) is 0 Å². The van der Waals surface area contributed by atoms with Gasteiger partial charge in [0.25, 0.3) is 0 Å². The lowest BCUT2D eigenvalue weighted by Gasteiger charge is -2.06. The molecule has 0 aliphatic heterocycles. The molecule has 12 nitrogen and oxygen atoms in total. The first kappa shape index (κ1) is 27.3. The molecule has 12 heteroatoms. The normalized spacial score (nSPS) is 9.53. The molecule has 180 valence electrons. The van der Waals surface area contributed by atoms with Gasteiger partial charge in [0.15, 0.2) is 0 Å². The zero-order valence-electron chi connectivity index (χ0n) is 18.4. The Labute approximate surface area is 192 Å². The van der Waals surface area contributed by atoms with E-state index in [-0.39, 0.29) is 34.1 Å². The highest BCUT2D eigenvalue weighted by molar-refractivity contribution is 5.90. The van der Waals surface area contributed by atoms with Gasteiger partial charge in [-0.25, -0.2) is 9.59 Å². The Bertz CT molecular complexity index is 975. The molecule has 0 aliphatic carbocycles. The molecular formula is C22H20O12. The minimum absolute atomic E-state index is 0.00801. The van der Waals surface area contributed by atoms with Crippen molar-refractivity contribution in [2.45, 2.75) is 27.7 Å². The van der Waals surface area contributed by atoms with E-state index in [0.29, 0.717) is 0 Å². The lowest BCUT2D eigenvalue weighted by atomic mass is 10.2. The van der Waals surface area contributed by atoms with Gasteiger partial charge in [0.05, 0.1) is 11.1 Å². The molecule has 0 atom stereocenters. The van der Waals surface area contributed by atoms with E-state index in [9.17, 15) is 28.8 Å². The molecule has 0 saturated carbocycles. The van der Waals surface area contributed by atoms with Gasteiger partial charge >= 0.3 is 35.8 Å². The SMILES string of the molecule is CC(=O)Oc1cc(OC(C)=O)cc(C(=O)O)c1.CC(=O)Oc1cc(OC(C)=O)cc(C(=O)O)c1. The Morgan fingerprint density at radius 3 is 0.824 bits per heavy atom. The lowest BCUT2D eigenvalue weighted by molar-refractivity contribution is -0.133. The van der Waals surface area contributed by atoms with E-state index in [4.69, 9.17) is 29.2 Å². The minimum Gasteiger partial charge on any atom is -0.478 e. The van der Waals surface area contributed by atoms with Crippen molar-refractivity contribution in [2.24, 2.45) is 0 Å². The van der Waals surface area contributed by atoms with Gasteiger partial charge in [-0.15, -0.1) is 0 Å². The summed E-state index contributed by atoms with van der Waals surface area (Å²) in [6, 6.07) is 7.17. The van der Waals surface area contributed by atoms with Crippen LogP contribution in [0.15, 0.2) is 36.4 Å². The molecule has 2 N–H and O–H groups in total. The lowest BCUT2D eigenvalue weighted by Crippen LogP contribution is -2.06. The number of carbonyl (C=O) groups is 6. The summed E-state index contributed by atoms with van der Waals surface area (Å²) in [6.07, 6.45) is 0. The van der Waals surface area contributed by atoms with Crippen LogP contribution in [0.4, 0.5) is 0 Å². The Hall–Kier alpha value is -4.74. The van der Waals surface area contributed by atoms with Crippen molar-refractivity contribution >= 4 is 35.8 Å². The monoisotopic (exact) mass is 476 g/mol. The third kappa shape index (κ3) is 10.0. The summed E-state index contributed by atoms with van der Waals surface area (Å²) in [6.45, 7) is 4.72. The molecule has 0 unspecified atom stereocenters. The van der Waals surface area contributed by atoms with Crippen LogP contribution in [0, 0.1) is 0 Å². The van der Waals surface area contributed by atoms with Crippen LogP contribution in [0.5, 0.6) is 23.0 Å². The predicted octanol–water partition coefficient (Wildman–Crippen LogP) is 2.47. The van der Waals surface area contributed by atoms with E-state index in [0.717, 1.165) is 24.3 Å². The molecule has 0 heterocycles. The fourth-order valence-electron chi connectivity index (χ4n) is 2.29. The maximum atomic E-state index is 10.8. The fraction of sp³-hybridized carbons (Fsp3) is 0.182. The van der Waals surface area contributed by atoms with Crippen molar-refractivity contribution in [1.29, 1.82) is 0 Å². The van der Waals surface area contributed by atoms with Crippen molar-refractivity contribution in [1.82, 2.24) is 0 Å². The average molecular weight is 476 g/mol. The second-order valence-corrected chi connectivity index (χ2v) is 6.37. The van der Waals surface area contributed by atoms with Crippen LogP contribution >= 0.6 is 0 Å². The standard InChI is InChI=1S/2C11H10O6/c2*1-6(12)16-9-3-8(11(14)15)4-10(5-9)17-7(2)13/h2*3-5H,1-2H3,(H,14,15). The van der Waals surface area contributed by atoms with E-state index in [1.807, 2.05) is 0 Å². The van der Waals surface area contributed by atoms with Gasteiger partial charge in [0.1, 0.15) is 23.0 Å². The van der Waals surface area contributed by atoms with Gasteiger partial charge in [-0.2, -0.15) is 0 Å². The molecule has 0 aliphatic rings. The molecule has 2 aromatic carbocycles. The van der Waals surface area contributed by atoms with Gasteiger partial charge in [-0.05, 0) is 24.3 Å². The average Bonchev–Trinajstić information content (AvgIpc) is 2.65. The Kier molecular flexibility index (Phi) is 9.90. The van der Waals surface area contributed by atoms with E-state index >= 15 is 0 Å². The van der Waals surface area contributed by atoms with Crippen LogP contribution in [-0.4, -0.2) is 46.0 Å². The third-order valence-electron chi connectivity index (χ3n) is 3.30. The van der Waals surface area contributed by atoms with Crippen LogP contribution in [0.1, 0.15) is 48.4 Å². The van der Waals surface area contributed by atoms with Crippen LogP contribution < -0.4 is 18.9 Å². The first-order chi connectivity index (χ1) is 15.8. The summed E-state index contributed by atoms with van der Waals surface area (Å²) < 4.78 is 18.9. The molecule has 0 saturated heterocycles. The summed E-state index contributed by atoms with van der Waals surface area (Å²) in [5, 5.41) is 17.6. The van der Waals surface area contributed by atoms with Crippen LogP contribution in [0.25, 0.3) is 0 Å². The van der Waals surface area contributed by atoms with Gasteiger partial charge < -0.3 is 29.2 Å². The van der Waals surface area contributed by atoms with E-state index in [1.165, 1.54) is 39.8 Å². The molecule has 0 amide bonds. The highest BCUT2D eigenvalue weighted by Crippen LogP contribution is 2.24. The second-order valence-electron chi connectivity index (χ2n) is 6.37. The zero-order valence-corrected chi connectivity index (χ0v) is 18.4. The summed E-state index contributed by atoms with van der Waals surface area (Å²) in [7, 11) is 0. The number of aromatic carboxylic acids is 2. The second kappa shape index (κ2) is 12.3. The number of benzene rings is 2. The van der Waals surface area contributed by atoms with Crippen LogP contribution in [0.2, 0.25) is 0 Å². The van der Waals surface area contributed by atoms with Crippen molar-refractivity contribution in [3.63, 3.8) is 0 Å². The van der Waals surface area contributed by atoms with Crippen LogP contribution in [-0.2, 0) is 19.2 Å². The number of esters is 4. The molecular weight excluding hydrogens is 456 g/mol. The number of carbonyl (C=O) groups excluding carboxylic acids is 4. The van der Waals surface area contributed by atoms with Gasteiger partial charge in [0, 0.05) is 39.8 Å². The highest BCUT2D eigenvalue weighted by atomic mass is 16.6. The largest absolute Gasteiger partial charge is 0.478 e. The minimum atomic E-state index is -1.22. The molecule has 0 bridgehead atoms. The fourth-order valence-corrected chi connectivity index (χ4v) is 2.29. The summed E-state index contributed by atoms with van der Waals surface area (Å²) in [5.41, 5.74) is -0.278. The molecule has 2 aromatic rings. The number of hydrogen-bond donors (Lipinski definition) is 2. The number of carboxylic acids is 2. The summed E-state index contributed by atoms with van der Waals surface area (Å²) >= 11 is 0. The van der Waals surface area contributed by atoms with Gasteiger partial charge in [0.2, 0.25) is 0 Å². The smallest absolute Gasteiger partial charge is 0.335 e. The molecule has 0 radical (unpaired) electrons. The number of carboxylic acid groups (broad SMARTS) is 2. The van der Waals surface area contributed by atoms with E-state index in [1.54, 1.807) is 0 Å². The first-order valence-electron chi connectivity index (χ1n) is 9.27. The zero-order chi connectivity index (χ0) is 26.0. The Morgan fingerprint density at radius 2 is 0.676 bits per heavy atom. The predicted molar refractivity (Wildman–Crippen MR) is 112 cm³/mol. The van der Waals surface area contributed by atoms with Crippen molar-refractivity contribution < 1.29 is 57.9 Å². The van der Waals surface area contributed by atoms with Crippen molar-refractivity contribution in [3.8, 4) is 23.0 Å². The molecule has 34 heavy (non-hydrogen) atoms. The van der Waals surface area contributed by atoms with Gasteiger partial charge in [-0.1, -0.05) is 0 Å². The first-order valence-corrected chi connectivity index (χ1v) is 9.27.